The van der Waals surface area contributed by atoms with Crippen LogP contribution in [-0.2, 0) is 9.59 Å². The summed E-state index contributed by atoms with van der Waals surface area (Å²) in [5.41, 5.74) is 0.482. The summed E-state index contributed by atoms with van der Waals surface area (Å²) < 4.78 is 4.96. The number of hydrogen-bond acceptors (Lipinski definition) is 8. The van der Waals surface area contributed by atoms with Crippen LogP contribution in [0.2, 0.25) is 5.02 Å². The minimum absolute atomic E-state index is 0.0145. The van der Waals surface area contributed by atoms with Crippen molar-refractivity contribution >= 4 is 57.9 Å². The van der Waals surface area contributed by atoms with Crippen molar-refractivity contribution in [1.29, 1.82) is 0 Å². The molecule has 1 fully saturated rings. The summed E-state index contributed by atoms with van der Waals surface area (Å²) in [7, 11) is 1.38. The Morgan fingerprint density at radius 1 is 1.35 bits per heavy atom. The Labute approximate surface area is 185 Å². The molecule has 2 amide bonds. The number of anilines is 1. The van der Waals surface area contributed by atoms with Crippen molar-refractivity contribution in [3.63, 3.8) is 0 Å². The van der Waals surface area contributed by atoms with Crippen LogP contribution in [0.15, 0.2) is 52.7 Å². The Balaban J connectivity index is 1.60. The van der Waals surface area contributed by atoms with E-state index in [2.05, 4.69) is 20.8 Å². The monoisotopic (exact) mass is 461 g/mol. The number of nitro benzene ring substituents is 1. The SMILES string of the molecule is COc1ccc(NC(=O)CC2S/C(=N/N=Cc3ccc(Cl)cc3)NC2=O)c([N+](=O)[O-])c1. The average molecular weight is 462 g/mol. The first-order chi connectivity index (χ1) is 14.9. The van der Waals surface area contributed by atoms with Gasteiger partial charge in [-0.3, -0.25) is 19.7 Å². The molecular weight excluding hydrogens is 446 g/mol. The van der Waals surface area contributed by atoms with Gasteiger partial charge in [0.25, 0.3) is 5.69 Å². The number of nitrogens with zero attached hydrogens (tertiary/aromatic N) is 3. The number of methoxy groups -OCH3 is 1. The maximum atomic E-state index is 12.3. The molecule has 0 spiro atoms. The molecule has 1 heterocycles. The molecule has 1 aliphatic rings. The molecule has 3 rings (SSSR count). The van der Waals surface area contributed by atoms with Gasteiger partial charge in [-0.2, -0.15) is 5.10 Å². The number of carbonyl (C=O) groups is 2. The molecule has 0 saturated carbocycles. The maximum Gasteiger partial charge on any atom is 0.296 e. The second-order valence-corrected chi connectivity index (χ2v) is 7.82. The van der Waals surface area contributed by atoms with E-state index >= 15 is 0 Å². The molecule has 2 aromatic carbocycles. The Kier molecular flexibility index (Phi) is 7.21. The first-order valence-corrected chi connectivity index (χ1v) is 10.1. The van der Waals surface area contributed by atoms with Gasteiger partial charge in [-0.25, -0.2) is 0 Å². The van der Waals surface area contributed by atoms with Crippen LogP contribution in [0.5, 0.6) is 5.75 Å². The summed E-state index contributed by atoms with van der Waals surface area (Å²) in [6, 6.07) is 11.0. The fraction of sp³-hybridized carbons (Fsp3) is 0.158. The number of rotatable bonds is 7. The van der Waals surface area contributed by atoms with Gasteiger partial charge < -0.3 is 15.4 Å². The zero-order valence-corrected chi connectivity index (χ0v) is 17.6. The molecule has 160 valence electrons. The molecule has 0 aliphatic carbocycles. The lowest BCUT2D eigenvalue weighted by Crippen LogP contribution is -2.28. The fourth-order valence-corrected chi connectivity index (χ4v) is 3.60. The summed E-state index contributed by atoms with van der Waals surface area (Å²) in [6.07, 6.45) is 1.30. The van der Waals surface area contributed by atoms with Crippen molar-refractivity contribution in [2.75, 3.05) is 12.4 Å². The Bertz CT molecular complexity index is 1070. The van der Waals surface area contributed by atoms with Crippen LogP contribution in [0.25, 0.3) is 0 Å². The van der Waals surface area contributed by atoms with E-state index in [-0.39, 0.29) is 28.7 Å². The number of nitro groups is 1. The van der Waals surface area contributed by atoms with Crippen LogP contribution in [0.3, 0.4) is 0 Å². The van der Waals surface area contributed by atoms with Gasteiger partial charge in [-0.05, 0) is 29.8 Å². The maximum absolute atomic E-state index is 12.3. The number of thioether (sulfide) groups is 1. The summed E-state index contributed by atoms with van der Waals surface area (Å²) in [6.45, 7) is 0. The second kappa shape index (κ2) is 10.0. The summed E-state index contributed by atoms with van der Waals surface area (Å²) in [4.78, 5) is 35.1. The molecule has 1 saturated heterocycles. The lowest BCUT2D eigenvalue weighted by molar-refractivity contribution is -0.384. The molecule has 10 nitrogen and oxygen atoms in total. The number of amides is 2. The third kappa shape index (κ3) is 6.03. The van der Waals surface area contributed by atoms with Crippen molar-refractivity contribution in [3.8, 4) is 5.75 Å². The standard InChI is InChI=1S/C19H16ClN5O5S/c1-30-13-6-7-14(15(8-13)25(28)29)22-17(26)9-16-18(27)23-19(31-16)24-21-10-11-2-4-12(20)5-3-11/h2-8,10,16H,9H2,1H3,(H,22,26)(H,23,24,27). The average Bonchev–Trinajstić information content (AvgIpc) is 3.08. The van der Waals surface area contributed by atoms with Gasteiger partial charge in [-0.1, -0.05) is 35.5 Å². The lowest BCUT2D eigenvalue weighted by atomic mass is 10.2. The molecule has 1 unspecified atom stereocenters. The van der Waals surface area contributed by atoms with E-state index in [1.165, 1.54) is 31.5 Å². The van der Waals surface area contributed by atoms with E-state index in [0.717, 1.165) is 17.3 Å². The highest BCUT2D eigenvalue weighted by molar-refractivity contribution is 8.15. The topological polar surface area (TPSA) is 135 Å². The molecule has 1 atom stereocenters. The summed E-state index contributed by atoms with van der Waals surface area (Å²) in [5.74, 6) is -0.660. The molecule has 0 bridgehead atoms. The fourth-order valence-electron chi connectivity index (χ4n) is 2.55. The summed E-state index contributed by atoms with van der Waals surface area (Å²) in [5, 5.41) is 24.2. The largest absolute Gasteiger partial charge is 0.496 e. The van der Waals surface area contributed by atoms with E-state index in [9.17, 15) is 19.7 Å². The van der Waals surface area contributed by atoms with E-state index in [4.69, 9.17) is 16.3 Å². The number of carbonyl (C=O) groups excluding carboxylic acids is 2. The molecular formula is C19H16ClN5O5S. The van der Waals surface area contributed by atoms with Crippen LogP contribution >= 0.6 is 23.4 Å². The molecule has 2 N–H and O–H groups in total. The van der Waals surface area contributed by atoms with E-state index in [0.29, 0.717) is 5.02 Å². The predicted octanol–water partition coefficient (Wildman–Crippen LogP) is 3.21. The number of benzene rings is 2. The van der Waals surface area contributed by atoms with Gasteiger partial charge in [0.2, 0.25) is 11.8 Å². The van der Waals surface area contributed by atoms with Gasteiger partial charge in [0.1, 0.15) is 16.7 Å². The van der Waals surface area contributed by atoms with Gasteiger partial charge >= 0.3 is 0 Å². The van der Waals surface area contributed by atoms with Crippen molar-refractivity contribution < 1.29 is 19.2 Å². The van der Waals surface area contributed by atoms with Crippen LogP contribution < -0.4 is 15.4 Å². The third-order valence-corrected chi connectivity index (χ3v) is 5.37. The predicted molar refractivity (Wildman–Crippen MR) is 119 cm³/mol. The third-order valence-electron chi connectivity index (χ3n) is 4.05. The highest BCUT2D eigenvalue weighted by Crippen LogP contribution is 2.30. The number of amidine groups is 1. The number of hydrogen-bond donors (Lipinski definition) is 2. The number of ether oxygens (including phenoxy) is 1. The smallest absolute Gasteiger partial charge is 0.296 e. The molecule has 2 aromatic rings. The molecule has 1 aliphatic heterocycles. The van der Waals surface area contributed by atoms with Crippen LogP contribution in [0, 0.1) is 10.1 Å². The molecule has 12 heteroatoms. The first-order valence-electron chi connectivity index (χ1n) is 8.82. The number of nitrogens with one attached hydrogen (secondary N) is 2. The van der Waals surface area contributed by atoms with Crippen molar-refractivity contribution in [1.82, 2.24) is 5.32 Å². The van der Waals surface area contributed by atoms with Crippen molar-refractivity contribution in [3.05, 3.63) is 63.2 Å². The highest BCUT2D eigenvalue weighted by Gasteiger charge is 2.32. The zero-order valence-electron chi connectivity index (χ0n) is 16.1. The molecule has 0 radical (unpaired) electrons. The van der Waals surface area contributed by atoms with Gasteiger partial charge in [-0.15, -0.1) is 5.10 Å². The van der Waals surface area contributed by atoms with E-state index in [1.807, 2.05) is 0 Å². The second-order valence-electron chi connectivity index (χ2n) is 6.19. The highest BCUT2D eigenvalue weighted by atomic mass is 35.5. The normalized spacial score (nSPS) is 17.0. The minimum atomic E-state index is -0.734. The Morgan fingerprint density at radius 3 is 2.77 bits per heavy atom. The van der Waals surface area contributed by atoms with Gasteiger partial charge in [0.15, 0.2) is 5.17 Å². The Morgan fingerprint density at radius 2 is 2.10 bits per heavy atom. The zero-order chi connectivity index (χ0) is 22.4. The van der Waals surface area contributed by atoms with Crippen molar-refractivity contribution in [2.24, 2.45) is 10.2 Å². The molecule has 31 heavy (non-hydrogen) atoms. The van der Waals surface area contributed by atoms with Crippen LogP contribution in [0.1, 0.15) is 12.0 Å². The lowest BCUT2D eigenvalue weighted by Gasteiger charge is -2.09. The van der Waals surface area contributed by atoms with Gasteiger partial charge in [0.05, 0.1) is 24.3 Å². The summed E-state index contributed by atoms with van der Waals surface area (Å²) >= 11 is 6.87. The van der Waals surface area contributed by atoms with Gasteiger partial charge in [0, 0.05) is 11.4 Å². The van der Waals surface area contributed by atoms with Crippen molar-refractivity contribution in [2.45, 2.75) is 11.7 Å². The Hall–Kier alpha value is -3.44. The quantitative estimate of drug-likeness (QED) is 0.369. The number of halogens is 1. The van der Waals surface area contributed by atoms with E-state index in [1.54, 1.807) is 24.3 Å². The minimum Gasteiger partial charge on any atom is -0.496 e. The van der Waals surface area contributed by atoms with E-state index < -0.39 is 22.0 Å². The molecule has 0 aromatic heterocycles. The van der Waals surface area contributed by atoms with Crippen LogP contribution in [0.4, 0.5) is 11.4 Å². The van der Waals surface area contributed by atoms with Crippen LogP contribution in [-0.4, -0.2) is 40.5 Å². The first kappa shape index (κ1) is 22.2.